The van der Waals surface area contributed by atoms with Crippen LogP contribution in [0.1, 0.15) is 73.6 Å². The van der Waals surface area contributed by atoms with Crippen molar-refractivity contribution in [3.05, 3.63) is 0 Å². The van der Waals surface area contributed by atoms with Gasteiger partial charge in [0.15, 0.2) is 0 Å². The lowest BCUT2D eigenvalue weighted by Gasteiger charge is -2.29. The quantitative estimate of drug-likeness (QED) is 0.0804. The molecule has 0 aromatic heterocycles. The highest BCUT2D eigenvalue weighted by atomic mass is 16.4. The second-order valence-corrected chi connectivity index (χ2v) is 12.2. The summed E-state index contributed by atoms with van der Waals surface area (Å²) in [5, 5.41) is 30.7. The van der Waals surface area contributed by atoms with Gasteiger partial charge >= 0.3 is 11.9 Å². The number of carboxylic acids is 2. The summed E-state index contributed by atoms with van der Waals surface area (Å²) in [4.78, 5) is 100. The second-order valence-electron chi connectivity index (χ2n) is 12.2. The van der Waals surface area contributed by atoms with Crippen LogP contribution in [0.15, 0.2) is 0 Å². The number of nitrogens with zero attached hydrogens (tertiary/aromatic N) is 1. The molecule has 1 heterocycles. The molecule has 0 spiro atoms. The van der Waals surface area contributed by atoms with Crippen LogP contribution in [-0.4, -0.2) is 112 Å². The average Bonchev–Trinajstić information content (AvgIpc) is 3.46. The van der Waals surface area contributed by atoms with E-state index in [2.05, 4.69) is 26.6 Å². The van der Waals surface area contributed by atoms with Crippen molar-refractivity contribution in [3.8, 4) is 0 Å². The van der Waals surface area contributed by atoms with Crippen LogP contribution in [0.4, 0.5) is 0 Å². The zero-order valence-corrected chi connectivity index (χ0v) is 27.3. The number of nitrogens with two attached hydrogens (primary N) is 1. The van der Waals surface area contributed by atoms with E-state index in [1.165, 1.54) is 18.7 Å². The molecule has 6 atom stereocenters. The van der Waals surface area contributed by atoms with Crippen LogP contribution in [-0.2, 0) is 38.4 Å². The molecule has 260 valence electrons. The normalized spacial score (nSPS) is 17.7. The lowest BCUT2D eigenvalue weighted by molar-refractivity contribution is -0.145. The van der Waals surface area contributed by atoms with Gasteiger partial charge in [0.1, 0.15) is 30.2 Å². The highest BCUT2D eigenvalue weighted by molar-refractivity contribution is 5.96. The first-order valence-corrected chi connectivity index (χ1v) is 15.3. The minimum atomic E-state index is -1.35. The summed E-state index contributed by atoms with van der Waals surface area (Å²) in [6, 6.07) is -6.46. The molecule has 1 aliphatic heterocycles. The first-order valence-electron chi connectivity index (χ1n) is 15.3. The number of hydrogen-bond acceptors (Lipinski definition) is 9. The highest BCUT2D eigenvalue weighted by Gasteiger charge is 2.39. The van der Waals surface area contributed by atoms with Crippen LogP contribution >= 0.6 is 0 Å². The number of rotatable bonds is 18. The summed E-state index contributed by atoms with van der Waals surface area (Å²) >= 11 is 0. The van der Waals surface area contributed by atoms with E-state index in [-0.39, 0.29) is 37.6 Å². The van der Waals surface area contributed by atoms with Gasteiger partial charge in [-0.05, 0) is 51.4 Å². The maximum Gasteiger partial charge on any atom is 0.326 e. The number of nitrogens with one attached hydrogen (secondary N) is 5. The Kier molecular flexibility index (Phi) is 16.1. The van der Waals surface area contributed by atoms with Crippen LogP contribution in [0.2, 0.25) is 0 Å². The molecule has 17 heteroatoms. The van der Waals surface area contributed by atoms with E-state index < -0.39 is 96.6 Å². The van der Waals surface area contributed by atoms with Gasteiger partial charge < -0.3 is 47.4 Å². The van der Waals surface area contributed by atoms with Crippen LogP contribution < -0.4 is 32.3 Å². The first kappa shape index (κ1) is 39.7. The predicted octanol–water partition coefficient (Wildman–Crippen LogP) is -1.95. The summed E-state index contributed by atoms with van der Waals surface area (Å²) in [6.45, 7) is 9.38. The molecule has 1 saturated heterocycles. The number of amides is 6. The van der Waals surface area contributed by atoms with Gasteiger partial charge in [-0.2, -0.15) is 0 Å². The Morgan fingerprint density at radius 1 is 0.804 bits per heavy atom. The molecule has 46 heavy (non-hydrogen) atoms. The van der Waals surface area contributed by atoms with Crippen molar-refractivity contribution >= 4 is 47.4 Å². The van der Waals surface area contributed by atoms with E-state index in [0.717, 1.165) is 0 Å². The van der Waals surface area contributed by atoms with E-state index in [1.807, 2.05) is 0 Å². The second kappa shape index (κ2) is 18.6. The van der Waals surface area contributed by atoms with Crippen LogP contribution in [0.3, 0.4) is 0 Å². The average molecular weight is 656 g/mol. The third-order valence-corrected chi connectivity index (χ3v) is 7.39. The summed E-state index contributed by atoms with van der Waals surface area (Å²) in [6.07, 6.45) is 0.0641. The fourth-order valence-electron chi connectivity index (χ4n) is 4.64. The summed E-state index contributed by atoms with van der Waals surface area (Å²) in [7, 11) is 0. The Balaban J connectivity index is 2.82. The van der Waals surface area contributed by atoms with Crippen molar-refractivity contribution in [1.82, 2.24) is 31.5 Å². The van der Waals surface area contributed by atoms with Crippen LogP contribution in [0.25, 0.3) is 0 Å². The lowest BCUT2D eigenvalue weighted by Crippen LogP contribution is -2.57. The van der Waals surface area contributed by atoms with Crippen molar-refractivity contribution < 1.29 is 48.6 Å². The number of likely N-dealkylation sites (tertiary alicyclic amines) is 1. The molecule has 0 aromatic carbocycles. The molecule has 0 bridgehead atoms. The highest BCUT2D eigenvalue weighted by Crippen LogP contribution is 2.20. The summed E-state index contributed by atoms with van der Waals surface area (Å²) < 4.78 is 0. The third kappa shape index (κ3) is 13.0. The van der Waals surface area contributed by atoms with Crippen LogP contribution in [0.5, 0.6) is 0 Å². The Labute approximate surface area is 268 Å². The van der Waals surface area contributed by atoms with Crippen molar-refractivity contribution in [2.75, 3.05) is 13.1 Å². The maximum absolute atomic E-state index is 13.4. The third-order valence-electron chi connectivity index (χ3n) is 7.39. The molecule has 0 radical (unpaired) electrons. The monoisotopic (exact) mass is 655 g/mol. The van der Waals surface area contributed by atoms with E-state index in [0.29, 0.717) is 6.42 Å². The largest absolute Gasteiger partial charge is 0.481 e. The topological polar surface area (TPSA) is 266 Å². The Bertz CT molecular complexity index is 1150. The number of hydrogen-bond donors (Lipinski definition) is 8. The summed E-state index contributed by atoms with van der Waals surface area (Å²) in [5.74, 6) is -6.79. The first-order chi connectivity index (χ1) is 21.3. The van der Waals surface area contributed by atoms with Gasteiger partial charge in [0, 0.05) is 13.0 Å². The van der Waals surface area contributed by atoms with Crippen LogP contribution in [0, 0.1) is 11.8 Å². The summed E-state index contributed by atoms with van der Waals surface area (Å²) in [5.41, 5.74) is 5.77. The van der Waals surface area contributed by atoms with Gasteiger partial charge in [-0.25, -0.2) is 4.79 Å². The fraction of sp³-hybridized carbons (Fsp3) is 0.724. The van der Waals surface area contributed by atoms with Crippen molar-refractivity contribution in [2.45, 2.75) is 110 Å². The zero-order valence-electron chi connectivity index (χ0n) is 27.3. The number of carbonyl (C=O) groups excluding carboxylic acids is 6. The molecule has 6 amide bonds. The zero-order chi connectivity index (χ0) is 35.3. The molecule has 1 rings (SSSR count). The smallest absolute Gasteiger partial charge is 0.326 e. The standard InChI is InChI=1S/C29H49N7O10/c1-14(2)12-19(29(45)46)35-26(42)20-8-7-11-36(20)28(44)18(9-10-22(38)39)34-21(37)13-31-24(40)16(5)32-25(41)17(6)33-27(43)23(30)15(3)4/h14-20,23H,7-13,30H2,1-6H3,(H,31,40)(H,32,41)(H,33,43)(H,34,37)(H,35,42)(H,38,39)(H,45,46)/t16-,17-,18-,19-,20-,23-/m0/s1. The molecule has 0 saturated carbocycles. The minimum absolute atomic E-state index is 0.0247. The predicted molar refractivity (Wildman–Crippen MR) is 164 cm³/mol. The van der Waals surface area contributed by atoms with Crippen molar-refractivity contribution in [3.63, 3.8) is 0 Å². The minimum Gasteiger partial charge on any atom is -0.481 e. The molecule has 17 nitrogen and oxygen atoms in total. The number of carbonyl (C=O) groups is 8. The molecular formula is C29H49N7O10. The van der Waals surface area contributed by atoms with E-state index in [9.17, 15) is 48.6 Å². The Morgan fingerprint density at radius 2 is 1.39 bits per heavy atom. The van der Waals surface area contributed by atoms with E-state index >= 15 is 0 Å². The molecule has 1 fully saturated rings. The molecule has 9 N–H and O–H groups in total. The molecule has 0 aromatic rings. The lowest BCUT2D eigenvalue weighted by atomic mass is 10.0. The molecule has 0 unspecified atom stereocenters. The van der Waals surface area contributed by atoms with E-state index in [1.54, 1.807) is 27.7 Å². The Morgan fingerprint density at radius 3 is 1.93 bits per heavy atom. The molecule has 0 aliphatic carbocycles. The maximum atomic E-state index is 13.4. The number of aliphatic carboxylic acids is 2. The van der Waals surface area contributed by atoms with Crippen molar-refractivity contribution in [2.24, 2.45) is 17.6 Å². The fourth-order valence-corrected chi connectivity index (χ4v) is 4.64. The number of carboxylic acid groups (broad SMARTS) is 2. The SMILES string of the molecule is CC(C)C[C@H](NC(=O)[C@@H]1CCCN1C(=O)[C@H](CCC(=O)O)NC(=O)CNC(=O)[C@H](C)NC(=O)[C@H](C)NC(=O)[C@@H](N)C(C)C)C(=O)O. The van der Waals surface area contributed by atoms with Gasteiger partial charge in [0.25, 0.3) is 0 Å². The van der Waals surface area contributed by atoms with Crippen molar-refractivity contribution in [1.29, 1.82) is 0 Å². The van der Waals surface area contributed by atoms with E-state index in [4.69, 9.17) is 5.73 Å². The van der Waals surface area contributed by atoms with Gasteiger partial charge in [-0.1, -0.05) is 27.7 Å². The molecular weight excluding hydrogens is 606 g/mol. The van der Waals surface area contributed by atoms with Gasteiger partial charge in [-0.3, -0.25) is 33.6 Å². The van der Waals surface area contributed by atoms with Gasteiger partial charge in [0.05, 0.1) is 12.6 Å². The Hall–Kier alpha value is -4.28. The van der Waals surface area contributed by atoms with Gasteiger partial charge in [-0.15, -0.1) is 0 Å². The van der Waals surface area contributed by atoms with Gasteiger partial charge in [0.2, 0.25) is 35.4 Å². The molecule has 1 aliphatic rings.